The molecule has 0 bridgehead atoms. The number of Topliss-reactive ketones (excluding diaryl/α,β-unsaturated/α-hetero) is 1. The fourth-order valence-electron chi connectivity index (χ4n) is 1.54. The van der Waals surface area contributed by atoms with Crippen molar-refractivity contribution < 1.29 is 9.53 Å². The summed E-state index contributed by atoms with van der Waals surface area (Å²) in [5, 5.41) is 0. The van der Waals surface area contributed by atoms with Crippen molar-refractivity contribution in [3.63, 3.8) is 0 Å². The molecule has 3 heteroatoms. The third-order valence-electron chi connectivity index (χ3n) is 2.99. The minimum absolute atomic E-state index is 0.241. The second-order valence-corrected chi connectivity index (χ2v) is 4.81. The molecule has 0 aliphatic carbocycles. The average molecular weight is 215 g/mol. The highest BCUT2D eigenvalue weighted by Crippen LogP contribution is 2.19. The standard InChI is InChI=1S/C12H25NO2/c1-7-13(10(2)8-15-6)9-12(4,5)11(3)14/h10H,7-9H2,1-6H3. The molecule has 0 amide bonds. The first-order valence-electron chi connectivity index (χ1n) is 5.59. The van der Waals surface area contributed by atoms with Gasteiger partial charge < -0.3 is 4.74 Å². The summed E-state index contributed by atoms with van der Waals surface area (Å²) in [7, 11) is 1.71. The topological polar surface area (TPSA) is 29.5 Å². The summed E-state index contributed by atoms with van der Waals surface area (Å²) in [5.41, 5.74) is -0.266. The van der Waals surface area contributed by atoms with Crippen LogP contribution in [0.3, 0.4) is 0 Å². The maximum Gasteiger partial charge on any atom is 0.136 e. The number of hydrogen-bond donors (Lipinski definition) is 0. The third-order valence-corrected chi connectivity index (χ3v) is 2.99. The SMILES string of the molecule is CCN(CC(C)(C)C(C)=O)C(C)COC. The monoisotopic (exact) mass is 215 g/mol. The first-order valence-corrected chi connectivity index (χ1v) is 5.59. The number of methoxy groups -OCH3 is 1. The second kappa shape index (κ2) is 6.23. The maximum absolute atomic E-state index is 11.4. The molecule has 0 saturated carbocycles. The molecule has 0 aliphatic rings. The predicted octanol–water partition coefficient (Wildman–Crippen LogP) is 1.96. The van der Waals surface area contributed by atoms with Crippen LogP contribution in [0, 0.1) is 5.41 Å². The maximum atomic E-state index is 11.4. The molecular weight excluding hydrogens is 190 g/mol. The molecule has 0 spiro atoms. The smallest absolute Gasteiger partial charge is 0.136 e. The largest absolute Gasteiger partial charge is 0.383 e. The van der Waals surface area contributed by atoms with Gasteiger partial charge in [0.1, 0.15) is 5.78 Å². The van der Waals surface area contributed by atoms with Crippen LogP contribution in [0.25, 0.3) is 0 Å². The van der Waals surface area contributed by atoms with Crippen LogP contribution in [-0.4, -0.2) is 43.5 Å². The van der Waals surface area contributed by atoms with Crippen LogP contribution in [0.4, 0.5) is 0 Å². The Morgan fingerprint density at radius 1 is 1.47 bits per heavy atom. The van der Waals surface area contributed by atoms with Gasteiger partial charge in [0.25, 0.3) is 0 Å². The zero-order valence-electron chi connectivity index (χ0n) is 11.0. The van der Waals surface area contributed by atoms with E-state index in [0.29, 0.717) is 12.6 Å². The van der Waals surface area contributed by atoms with E-state index in [1.165, 1.54) is 0 Å². The second-order valence-electron chi connectivity index (χ2n) is 4.81. The summed E-state index contributed by atoms with van der Waals surface area (Å²) in [4.78, 5) is 13.7. The van der Waals surface area contributed by atoms with Crippen molar-refractivity contribution in [3.8, 4) is 0 Å². The molecule has 90 valence electrons. The number of ketones is 1. The zero-order valence-corrected chi connectivity index (χ0v) is 11.0. The first kappa shape index (κ1) is 14.6. The Labute approximate surface area is 93.8 Å². The summed E-state index contributed by atoms with van der Waals surface area (Å²) in [6.45, 7) is 12.3. The molecule has 0 aromatic carbocycles. The fourth-order valence-corrected chi connectivity index (χ4v) is 1.54. The summed E-state index contributed by atoms with van der Waals surface area (Å²) in [6, 6.07) is 0.360. The van der Waals surface area contributed by atoms with Gasteiger partial charge in [0.15, 0.2) is 0 Å². The highest BCUT2D eigenvalue weighted by molar-refractivity contribution is 5.81. The minimum Gasteiger partial charge on any atom is -0.383 e. The molecule has 0 heterocycles. The molecule has 0 radical (unpaired) electrons. The number of carbonyl (C=O) groups is 1. The lowest BCUT2D eigenvalue weighted by Crippen LogP contribution is -2.44. The van der Waals surface area contributed by atoms with Crippen molar-refractivity contribution in [2.75, 3.05) is 26.8 Å². The number of nitrogens with zero attached hydrogens (tertiary/aromatic N) is 1. The Morgan fingerprint density at radius 2 is 2.00 bits per heavy atom. The van der Waals surface area contributed by atoms with Crippen molar-refractivity contribution in [2.24, 2.45) is 5.41 Å². The van der Waals surface area contributed by atoms with Gasteiger partial charge in [0, 0.05) is 25.1 Å². The van der Waals surface area contributed by atoms with Crippen LogP contribution in [0.1, 0.15) is 34.6 Å². The lowest BCUT2D eigenvalue weighted by Gasteiger charge is -2.34. The summed E-state index contributed by atoms with van der Waals surface area (Å²) in [5.74, 6) is 0.241. The number of hydrogen-bond acceptors (Lipinski definition) is 3. The van der Waals surface area contributed by atoms with E-state index in [-0.39, 0.29) is 11.2 Å². The van der Waals surface area contributed by atoms with Gasteiger partial charge in [0.2, 0.25) is 0 Å². The van der Waals surface area contributed by atoms with Crippen molar-refractivity contribution in [3.05, 3.63) is 0 Å². The molecule has 0 fully saturated rings. The van der Waals surface area contributed by atoms with Gasteiger partial charge >= 0.3 is 0 Å². The Bertz CT molecular complexity index is 202. The van der Waals surface area contributed by atoms with Gasteiger partial charge in [-0.15, -0.1) is 0 Å². The van der Waals surface area contributed by atoms with Crippen LogP contribution in [0.15, 0.2) is 0 Å². The van der Waals surface area contributed by atoms with Crippen LogP contribution in [0.5, 0.6) is 0 Å². The Morgan fingerprint density at radius 3 is 2.33 bits per heavy atom. The highest BCUT2D eigenvalue weighted by Gasteiger charge is 2.27. The van der Waals surface area contributed by atoms with Gasteiger partial charge in [-0.3, -0.25) is 9.69 Å². The molecule has 0 aromatic heterocycles. The quantitative estimate of drug-likeness (QED) is 0.650. The molecular formula is C12H25NO2. The molecule has 15 heavy (non-hydrogen) atoms. The van der Waals surface area contributed by atoms with E-state index in [9.17, 15) is 4.79 Å². The van der Waals surface area contributed by atoms with Crippen molar-refractivity contribution in [1.82, 2.24) is 4.90 Å². The molecule has 0 saturated heterocycles. The van der Waals surface area contributed by atoms with Gasteiger partial charge in [-0.2, -0.15) is 0 Å². The molecule has 0 aromatic rings. The van der Waals surface area contributed by atoms with Crippen molar-refractivity contribution in [1.29, 1.82) is 0 Å². The van der Waals surface area contributed by atoms with Crippen LogP contribution < -0.4 is 0 Å². The van der Waals surface area contributed by atoms with E-state index in [4.69, 9.17) is 4.74 Å². The Hall–Kier alpha value is -0.410. The number of ether oxygens (including phenoxy) is 1. The van der Waals surface area contributed by atoms with Gasteiger partial charge in [-0.05, 0) is 20.4 Å². The van der Waals surface area contributed by atoms with E-state index >= 15 is 0 Å². The Kier molecular flexibility index (Phi) is 6.06. The first-order chi connectivity index (χ1) is 6.85. The van der Waals surface area contributed by atoms with Gasteiger partial charge in [-0.1, -0.05) is 20.8 Å². The zero-order chi connectivity index (χ0) is 12.1. The third kappa shape index (κ3) is 4.76. The molecule has 1 atom stereocenters. The van der Waals surface area contributed by atoms with Crippen molar-refractivity contribution in [2.45, 2.75) is 40.7 Å². The Balaban J connectivity index is 4.38. The lowest BCUT2D eigenvalue weighted by molar-refractivity contribution is -0.126. The summed E-state index contributed by atoms with van der Waals surface area (Å²) < 4.78 is 5.13. The van der Waals surface area contributed by atoms with Gasteiger partial charge in [-0.25, -0.2) is 0 Å². The van der Waals surface area contributed by atoms with E-state index in [1.807, 2.05) is 13.8 Å². The number of carbonyl (C=O) groups excluding carboxylic acids is 1. The normalized spacial score (nSPS) is 14.3. The van der Waals surface area contributed by atoms with E-state index < -0.39 is 0 Å². The van der Waals surface area contributed by atoms with E-state index in [1.54, 1.807) is 14.0 Å². The van der Waals surface area contributed by atoms with Gasteiger partial charge in [0.05, 0.1) is 6.61 Å². The predicted molar refractivity (Wildman–Crippen MR) is 63.0 cm³/mol. The summed E-state index contributed by atoms with van der Waals surface area (Å²) >= 11 is 0. The van der Waals surface area contributed by atoms with Crippen molar-refractivity contribution >= 4 is 5.78 Å². The van der Waals surface area contributed by atoms with Crippen LogP contribution in [0.2, 0.25) is 0 Å². The molecule has 0 N–H and O–H groups in total. The molecule has 0 rings (SSSR count). The minimum atomic E-state index is -0.266. The lowest BCUT2D eigenvalue weighted by atomic mass is 9.88. The molecule has 1 unspecified atom stereocenters. The van der Waals surface area contributed by atoms with E-state index in [0.717, 1.165) is 13.1 Å². The number of likely N-dealkylation sites (N-methyl/N-ethyl adjacent to an activating group) is 1. The molecule has 3 nitrogen and oxygen atoms in total. The molecule has 0 aliphatic heterocycles. The van der Waals surface area contributed by atoms with E-state index in [2.05, 4.69) is 18.7 Å². The fraction of sp³-hybridized carbons (Fsp3) is 0.917. The highest BCUT2D eigenvalue weighted by atomic mass is 16.5. The van der Waals surface area contributed by atoms with Crippen LogP contribution >= 0.6 is 0 Å². The number of rotatable bonds is 7. The average Bonchev–Trinajstić information content (AvgIpc) is 2.14. The van der Waals surface area contributed by atoms with Crippen LogP contribution in [-0.2, 0) is 9.53 Å². The summed E-state index contributed by atoms with van der Waals surface area (Å²) in [6.07, 6.45) is 0.